The Morgan fingerprint density at radius 2 is 1.86 bits per heavy atom. The van der Waals surface area contributed by atoms with Crippen LogP contribution in [0.25, 0.3) is 11.1 Å². The number of carbonyl (C=O) groups excluding carboxylic acids is 2. The summed E-state index contributed by atoms with van der Waals surface area (Å²) in [6.45, 7) is 5.04. The molecule has 2 aliphatic rings. The van der Waals surface area contributed by atoms with Gasteiger partial charge in [0, 0.05) is 35.1 Å². The van der Waals surface area contributed by atoms with Gasteiger partial charge in [-0.25, -0.2) is 4.39 Å². The number of benzene rings is 2. The fraction of sp³-hybridized carbons (Fsp3) is 0.333. The summed E-state index contributed by atoms with van der Waals surface area (Å²) in [5, 5.41) is 0.338. The van der Waals surface area contributed by atoms with Crippen LogP contribution in [0.1, 0.15) is 35.4 Å². The summed E-state index contributed by atoms with van der Waals surface area (Å²) in [4.78, 5) is 25.8. The molecule has 1 aliphatic heterocycles. The van der Waals surface area contributed by atoms with Crippen molar-refractivity contribution in [1.82, 2.24) is 0 Å². The molecule has 1 saturated carbocycles. The van der Waals surface area contributed by atoms with Gasteiger partial charge in [0.25, 0.3) is 0 Å². The number of hydrogen-bond donors (Lipinski definition) is 0. The van der Waals surface area contributed by atoms with E-state index in [1.54, 1.807) is 12.1 Å². The second kappa shape index (κ2) is 7.85. The van der Waals surface area contributed by atoms with E-state index in [1.165, 1.54) is 6.07 Å². The molecule has 2 fully saturated rings. The SMILES string of the molecule is Cc1cc(-c2ccc(Cl)cc2F)cc(C)c1C1C(=O)CC(=CC2CCOC2)C1=O. The molecule has 0 radical (unpaired) electrons. The average Bonchev–Trinajstić information content (AvgIpc) is 3.25. The minimum Gasteiger partial charge on any atom is -0.381 e. The lowest BCUT2D eigenvalue weighted by Gasteiger charge is -2.17. The summed E-state index contributed by atoms with van der Waals surface area (Å²) in [5.74, 6) is -1.15. The lowest BCUT2D eigenvalue weighted by molar-refractivity contribution is -0.123. The van der Waals surface area contributed by atoms with Gasteiger partial charge in [-0.05, 0) is 60.7 Å². The van der Waals surface area contributed by atoms with Gasteiger partial charge >= 0.3 is 0 Å². The topological polar surface area (TPSA) is 43.4 Å². The lowest BCUT2D eigenvalue weighted by Crippen LogP contribution is -2.15. The third-order valence-electron chi connectivity index (χ3n) is 5.79. The van der Waals surface area contributed by atoms with E-state index in [-0.39, 0.29) is 23.9 Å². The third kappa shape index (κ3) is 3.79. The van der Waals surface area contributed by atoms with Crippen molar-refractivity contribution >= 4 is 23.2 Å². The number of aryl methyl sites for hydroxylation is 2. The Kier molecular flexibility index (Phi) is 5.41. The Morgan fingerprint density at radius 3 is 2.48 bits per heavy atom. The summed E-state index contributed by atoms with van der Waals surface area (Å²) in [6.07, 6.45) is 2.98. The van der Waals surface area contributed by atoms with Gasteiger partial charge < -0.3 is 4.74 Å². The molecule has 5 heteroatoms. The zero-order chi connectivity index (χ0) is 20.7. The molecule has 3 nitrogen and oxygen atoms in total. The third-order valence-corrected chi connectivity index (χ3v) is 6.03. The van der Waals surface area contributed by atoms with E-state index in [9.17, 15) is 14.0 Å². The molecule has 1 saturated heterocycles. The highest BCUT2D eigenvalue weighted by molar-refractivity contribution is 6.30. The molecule has 0 bridgehead atoms. The molecule has 1 aliphatic carbocycles. The van der Waals surface area contributed by atoms with Crippen LogP contribution in [-0.2, 0) is 14.3 Å². The van der Waals surface area contributed by atoms with E-state index in [1.807, 2.05) is 32.1 Å². The number of carbonyl (C=O) groups is 2. The molecule has 0 spiro atoms. The van der Waals surface area contributed by atoms with Gasteiger partial charge in [-0.2, -0.15) is 0 Å². The maximum absolute atomic E-state index is 14.4. The lowest BCUT2D eigenvalue weighted by atomic mass is 9.85. The highest BCUT2D eigenvalue weighted by atomic mass is 35.5. The molecule has 0 amide bonds. The molecule has 0 N–H and O–H groups in total. The van der Waals surface area contributed by atoms with E-state index in [4.69, 9.17) is 16.3 Å². The molecule has 2 aromatic carbocycles. The van der Waals surface area contributed by atoms with Crippen molar-refractivity contribution in [3.8, 4) is 11.1 Å². The molecular formula is C24H22ClFO3. The standard InChI is InChI=1S/C24H22ClFO3/c1-13-7-16(19-4-3-18(25)11-20(19)26)8-14(2)22(13)23-21(27)10-17(24(23)28)9-15-5-6-29-12-15/h3-4,7-9,11,15,23H,5-6,10,12H2,1-2H3. The zero-order valence-electron chi connectivity index (χ0n) is 16.4. The Hall–Kier alpha value is -2.30. The van der Waals surface area contributed by atoms with Crippen LogP contribution in [0.15, 0.2) is 42.0 Å². The summed E-state index contributed by atoms with van der Waals surface area (Å²) in [7, 11) is 0. The van der Waals surface area contributed by atoms with Crippen molar-refractivity contribution in [1.29, 1.82) is 0 Å². The number of Topliss-reactive ketones (excluding diaryl/α,β-unsaturated/α-hetero) is 2. The van der Waals surface area contributed by atoms with Crippen LogP contribution in [0.4, 0.5) is 4.39 Å². The van der Waals surface area contributed by atoms with E-state index in [0.29, 0.717) is 34.9 Å². The van der Waals surface area contributed by atoms with Gasteiger partial charge in [-0.15, -0.1) is 0 Å². The fourth-order valence-electron chi connectivity index (χ4n) is 4.42. The summed E-state index contributed by atoms with van der Waals surface area (Å²) < 4.78 is 19.7. The zero-order valence-corrected chi connectivity index (χ0v) is 17.2. The van der Waals surface area contributed by atoms with Crippen LogP contribution in [0.2, 0.25) is 5.02 Å². The van der Waals surface area contributed by atoms with Crippen LogP contribution in [0.3, 0.4) is 0 Å². The van der Waals surface area contributed by atoms with Crippen molar-refractivity contribution in [2.24, 2.45) is 5.92 Å². The molecule has 1 heterocycles. The quantitative estimate of drug-likeness (QED) is 0.504. The normalized spacial score (nSPS) is 23.4. The predicted octanol–water partition coefficient (Wildman–Crippen LogP) is 5.35. The Balaban J connectivity index is 1.70. The number of rotatable bonds is 3. The van der Waals surface area contributed by atoms with Gasteiger partial charge in [0.1, 0.15) is 11.7 Å². The maximum atomic E-state index is 14.4. The Labute approximate surface area is 174 Å². The van der Waals surface area contributed by atoms with Crippen molar-refractivity contribution in [3.05, 3.63) is 69.5 Å². The fourth-order valence-corrected chi connectivity index (χ4v) is 4.58. The monoisotopic (exact) mass is 412 g/mol. The first-order valence-corrected chi connectivity index (χ1v) is 10.1. The number of ether oxygens (including phenoxy) is 1. The first kappa shape index (κ1) is 20.0. The van der Waals surface area contributed by atoms with Crippen molar-refractivity contribution in [2.75, 3.05) is 13.2 Å². The van der Waals surface area contributed by atoms with Crippen molar-refractivity contribution < 1.29 is 18.7 Å². The maximum Gasteiger partial charge on any atom is 0.173 e. The predicted molar refractivity (Wildman–Crippen MR) is 111 cm³/mol. The minimum atomic E-state index is -0.771. The van der Waals surface area contributed by atoms with Crippen LogP contribution < -0.4 is 0 Å². The van der Waals surface area contributed by atoms with E-state index >= 15 is 0 Å². The van der Waals surface area contributed by atoms with Gasteiger partial charge in [0.05, 0.1) is 6.61 Å². The summed E-state index contributed by atoms with van der Waals surface area (Å²) >= 11 is 5.86. The summed E-state index contributed by atoms with van der Waals surface area (Å²) in [5.41, 5.74) is 4.11. The van der Waals surface area contributed by atoms with Crippen molar-refractivity contribution in [2.45, 2.75) is 32.6 Å². The smallest absolute Gasteiger partial charge is 0.173 e. The van der Waals surface area contributed by atoms with E-state index in [2.05, 4.69) is 0 Å². The Bertz CT molecular complexity index is 1010. The van der Waals surface area contributed by atoms with Crippen molar-refractivity contribution in [3.63, 3.8) is 0 Å². The van der Waals surface area contributed by atoms with Crippen LogP contribution in [0.5, 0.6) is 0 Å². The van der Waals surface area contributed by atoms with E-state index in [0.717, 1.165) is 23.1 Å². The van der Waals surface area contributed by atoms with Gasteiger partial charge in [-0.3, -0.25) is 9.59 Å². The largest absolute Gasteiger partial charge is 0.381 e. The molecule has 2 atom stereocenters. The Morgan fingerprint density at radius 1 is 1.14 bits per heavy atom. The van der Waals surface area contributed by atoms with Gasteiger partial charge in [0.15, 0.2) is 11.6 Å². The minimum absolute atomic E-state index is 0.0724. The second-order valence-corrected chi connectivity index (χ2v) is 8.34. The number of halogens is 2. The number of ketones is 2. The number of allylic oxidation sites excluding steroid dienone is 1. The second-order valence-electron chi connectivity index (χ2n) is 7.90. The highest BCUT2D eigenvalue weighted by Gasteiger charge is 2.40. The first-order valence-electron chi connectivity index (χ1n) is 9.77. The molecule has 150 valence electrons. The molecule has 0 aromatic heterocycles. The summed E-state index contributed by atoms with van der Waals surface area (Å²) in [6, 6.07) is 8.24. The van der Waals surface area contributed by atoms with Gasteiger partial charge in [-0.1, -0.05) is 29.8 Å². The number of hydrogen-bond acceptors (Lipinski definition) is 3. The van der Waals surface area contributed by atoms with Crippen LogP contribution in [-0.4, -0.2) is 24.8 Å². The molecular weight excluding hydrogens is 391 g/mol. The molecule has 2 aromatic rings. The van der Waals surface area contributed by atoms with Crippen LogP contribution >= 0.6 is 11.6 Å². The molecule has 4 rings (SSSR count). The molecule has 29 heavy (non-hydrogen) atoms. The first-order chi connectivity index (χ1) is 13.8. The van der Waals surface area contributed by atoms with E-state index < -0.39 is 11.7 Å². The van der Waals surface area contributed by atoms with Crippen LogP contribution in [0, 0.1) is 25.6 Å². The highest BCUT2D eigenvalue weighted by Crippen LogP contribution is 2.38. The molecule has 2 unspecified atom stereocenters. The average molecular weight is 413 g/mol. The van der Waals surface area contributed by atoms with Gasteiger partial charge in [0.2, 0.25) is 0 Å².